The number of imide groups is 1. The highest BCUT2D eigenvalue weighted by molar-refractivity contribution is 6.07. The van der Waals surface area contributed by atoms with Crippen molar-refractivity contribution in [3.8, 4) is 0 Å². The standard InChI is InChI=1S/C22H26N2O2/c1-15(16-9-7-6-8-10-16)24-19(25)22(5,23-20(24)26)18-13-11-17(12-14-18)21(2,3)4/h6-15H,1-5H3,(H,23,26). The molecule has 0 saturated carbocycles. The SMILES string of the molecule is CC(c1ccccc1)N1C(=O)NC(C)(c2ccc(C(C)(C)C)cc2)C1=O. The van der Waals surface area contributed by atoms with E-state index in [2.05, 4.69) is 26.1 Å². The van der Waals surface area contributed by atoms with Gasteiger partial charge in [0.25, 0.3) is 5.91 Å². The van der Waals surface area contributed by atoms with E-state index in [9.17, 15) is 9.59 Å². The molecular formula is C22H26N2O2. The summed E-state index contributed by atoms with van der Waals surface area (Å²) in [5.41, 5.74) is 1.92. The van der Waals surface area contributed by atoms with Gasteiger partial charge < -0.3 is 5.32 Å². The van der Waals surface area contributed by atoms with Gasteiger partial charge in [-0.2, -0.15) is 0 Å². The van der Waals surface area contributed by atoms with Gasteiger partial charge >= 0.3 is 6.03 Å². The molecule has 1 saturated heterocycles. The monoisotopic (exact) mass is 350 g/mol. The van der Waals surface area contributed by atoms with E-state index in [1.807, 2.05) is 61.5 Å². The predicted octanol–water partition coefficient (Wildman–Crippen LogP) is 4.51. The molecule has 0 bridgehead atoms. The number of carbonyl (C=O) groups is 2. The molecule has 4 nitrogen and oxygen atoms in total. The molecule has 2 aromatic rings. The smallest absolute Gasteiger partial charge is 0.319 e. The van der Waals surface area contributed by atoms with E-state index in [0.29, 0.717) is 0 Å². The van der Waals surface area contributed by atoms with Crippen molar-refractivity contribution in [1.82, 2.24) is 10.2 Å². The minimum atomic E-state index is -1.05. The minimum absolute atomic E-state index is 0.0379. The van der Waals surface area contributed by atoms with E-state index in [4.69, 9.17) is 0 Å². The summed E-state index contributed by atoms with van der Waals surface area (Å²) in [6, 6.07) is 16.9. The number of urea groups is 1. The molecule has 1 heterocycles. The lowest BCUT2D eigenvalue weighted by atomic mass is 9.84. The first kappa shape index (κ1) is 18.2. The fraction of sp³-hybridized carbons (Fsp3) is 0.364. The normalized spacial score (nSPS) is 21.7. The van der Waals surface area contributed by atoms with Gasteiger partial charge in [-0.3, -0.25) is 9.69 Å². The number of nitrogens with one attached hydrogen (secondary N) is 1. The summed E-state index contributed by atoms with van der Waals surface area (Å²) in [5.74, 6) is -0.220. The van der Waals surface area contributed by atoms with Crippen LogP contribution in [0.4, 0.5) is 4.79 Å². The lowest BCUT2D eigenvalue weighted by Gasteiger charge is -2.26. The summed E-state index contributed by atoms with van der Waals surface area (Å²) < 4.78 is 0. The molecule has 1 aliphatic rings. The van der Waals surface area contributed by atoms with Crippen LogP contribution < -0.4 is 5.32 Å². The maximum Gasteiger partial charge on any atom is 0.325 e. The van der Waals surface area contributed by atoms with Crippen LogP contribution >= 0.6 is 0 Å². The van der Waals surface area contributed by atoms with Gasteiger partial charge in [0.05, 0.1) is 6.04 Å². The molecule has 1 fully saturated rings. The summed E-state index contributed by atoms with van der Waals surface area (Å²) in [7, 11) is 0. The number of benzene rings is 2. The molecule has 4 heteroatoms. The Kier molecular flexibility index (Phi) is 4.39. The van der Waals surface area contributed by atoms with Crippen molar-refractivity contribution in [1.29, 1.82) is 0 Å². The maximum absolute atomic E-state index is 13.2. The Morgan fingerprint density at radius 1 is 0.962 bits per heavy atom. The van der Waals surface area contributed by atoms with Crippen LogP contribution in [0.15, 0.2) is 54.6 Å². The van der Waals surface area contributed by atoms with E-state index >= 15 is 0 Å². The van der Waals surface area contributed by atoms with E-state index in [1.165, 1.54) is 10.5 Å². The summed E-state index contributed by atoms with van der Waals surface area (Å²) in [4.78, 5) is 27.1. The second-order valence-electron chi connectivity index (χ2n) is 8.14. The Bertz CT molecular complexity index is 821. The van der Waals surface area contributed by atoms with E-state index in [-0.39, 0.29) is 23.4 Å². The topological polar surface area (TPSA) is 49.4 Å². The maximum atomic E-state index is 13.2. The summed E-state index contributed by atoms with van der Waals surface area (Å²) in [6.45, 7) is 10.1. The molecule has 0 radical (unpaired) electrons. The van der Waals surface area contributed by atoms with Crippen molar-refractivity contribution in [2.75, 3.05) is 0 Å². The first-order valence-electron chi connectivity index (χ1n) is 8.96. The number of carbonyl (C=O) groups excluding carboxylic acids is 2. The molecule has 0 spiro atoms. The van der Waals surface area contributed by atoms with Crippen LogP contribution in [0, 0.1) is 0 Å². The molecular weight excluding hydrogens is 324 g/mol. The van der Waals surface area contributed by atoms with Crippen molar-refractivity contribution in [2.45, 2.75) is 51.6 Å². The third kappa shape index (κ3) is 3.00. The Morgan fingerprint density at radius 2 is 1.54 bits per heavy atom. The Labute approximate surface area is 155 Å². The second-order valence-corrected chi connectivity index (χ2v) is 8.14. The number of amides is 3. The zero-order chi connectivity index (χ0) is 19.1. The quantitative estimate of drug-likeness (QED) is 0.828. The molecule has 0 aliphatic carbocycles. The van der Waals surface area contributed by atoms with Crippen LogP contribution in [0.25, 0.3) is 0 Å². The predicted molar refractivity (Wildman–Crippen MR) is 103 cm³/mol. The third-order valence-electron chi connectivity index (χ3n) is 5.22. The summed E-state index contributed by atoms with van der Waals surface area (Å²) in [5, 5.41) is 2.89. The molecule has 2 atom stereocenters. The summed E-state index contributed by atoms with van der Waals surface area (Å²) in [6.07, 6.45) is 0. The zero-order valence-electron chi connectivity index (χ0n) is 16.0. The Morgan fingerprint density at radius 3 is 2.08 bits per heavy atom. The fourth-order valence-electron chi connectivity index (χ4n) is 3.39. The van der Waals surface area contributed by atoms with Gasteiger partial charge in [-0.25, -0.2) is 4.79 Å². The highest BCUT2D eigenvalue weighted by Gasteiger charge is 2.50. The van der Waals surface area contributed by atoms with Crippen molar-refractivity contribution >= 4 is 11.9 Å². The minimum Gasteiger partial charge on any atom is -0.319 e. The molecule has 2 aromatic carbocycles. The van der Waals surface area contributed by atoms with Gasteiger partial charge in [-0.15, -0.1) is 0 Å². The first-order chi connectivity index (χ1) is 12.1. The number of nitrogens with zero attached hydrogens (tertiary/aromatic N) is 1. The molecule has 1 aliphatic heterocycles. The molecule has 1 N–H and O–H groups in total. The lowest BCUT2D eigenvalue weighted by molar-refractivity contribution is -0.132. The van der Waals surface area contributed by atoms with Crippen molar-refractivity contribution in [3.63, 3.8) is 0 Å². The van der Waals surface area contributed by atoms with Crippen LogP contribution in [0.3, 0.4) is 0 Å². The highest BCUT2D eigenvalue weighted by Crippen LogP contribution is 2.35. The average molecular weight is 350 g/mol. The van der Waals surface area contributed by atoms with E-state index in [0.717, 1.165) is 11.1 Å². The zero-order valence-corrected chi connectivity index (χ0v) is 16.0. The molecule has 2 unspecified atom stereocenters. The van der Waals surface area contributed by atoms with Crippen molar-refractivity contribution in [2.24, 2.45) is 0 Å². The van der Waals surface area contributed by atoms with Crippen LogP contribution in [0.1, 0.15) is 57.4 Å². The van der Waals surface area contributed by atoms with Gasteiger partial charge in [0, 0.05) is 0 Å². The van der Waals surface area contributed by atoms with Crippen LogP contribution in [-0.4, -0.2) is 16.8 Å². The molecule has 3 rings (SSSR count). The molecule has 26 heavy (non-hydrogen) atoms. The highest BCUT2D eigenvalue weighted by atomic mass is 16.2. The second kappa shape index (κ2) is 6.27. The van der Waals surface area contributed by atoms with E-state index in [1.54, 1.807) is 6.92 Å². The summed E-state index contributed by atoms with van der Waals surface area (Å²) >= 11 is 0. The van der Waals surface area contributed by atoms with Crippen molar-refractivity contribution in [3.05, 3.63) is 71.3 Å². The van der Waals surface area contributed by atoms with Crippen molar-refractivity contribution < 1.29 is 9.59 Å². The molecule has 3 amide bonds. The number of hydrogen-bond donors (Lipinski definition) is 1. The number of hydrogen-bond acceptors (Lipinski definition) is 2. The lowest BCUT2D eigenvalue weighted by Crippen LogP contribution is -2.41. The average Bonchev–Trinajstić information content (AvgIpc) is 2.84. The van der Waals surface area contributed by atoms with Gasteiger partial charge in [0.2, 0.25) is 0 Å². The Balaban J connectivity index is 1.92. The third-order valence-corrected chi connectivity index (χ3v) is 5.22. The molecule has 0 aromatic heterocycles. The van der Waals surface area contributed by atoms with Gasteiger partial charge in [-0.05, 0) is 36.0 Å². The van der Waals surface area contributed by atoms with E-state index < -0.39 is 5.54 Å². The van der Waals surface area contributed by atoms with Crippen LogP contribution in [0.5, 0.6) is 0 Å². The Hall–Kier alpha value is -2.62. The van der Waals surface area contributed by atoms with Gasteiger partial charge in [0.1, 0.15) is 5.54 Å². The van der Waals surface area contributed by atoms with Crippen LogP contribution in [0.2, 0.25) is 0 Å². The van der Waals surface area contributed by atoms with Gasteiger partial charge in [0.15, 0.2) is 0 Å². The largest absolute Gasteiger partial charge is 0.325 e. The van der Waals surface area contributed by atoms with Gasteiger partial charge in [-0.1, -0.05) is 75.4 Å². The van der Waals surface area contributed by atoms with Crippen LogP contribution in [-0.2, 0) is 15.7 Å². The first-order valence-corrected chi connectivity index (χ1v) is 8.96. The molecule has 136 valence electrons. The number of rotatable bonds is 3. The fourth-order valence-corrected chi connectivity index (χ4v) is 3.39.